The summed E-state index contributed by atoms with van der Waals surface area (Å²) in [5.41, 5.74) is 1.43. The fourth-order valence-corrected chi connectivity index (χ4v) is 3.00. The van der Waals surface area contributed by atoms with Crippen molar-refractivity contribution in [2.75, 3.05) is 0 Å². The predicted octanol–water partition coefficient (Wildman–Crippen LogP) is 3.12. The Morgan fingerprint density at radius 1 is 1.08 bits per heavy atom. The number of carbonyl (C=O) groups excluding carboxylic acids is 1. The van der Waals surface area contributed by atoms with E-state index in [2.05, 4.69) is 22.4 Å². The molecule has 0 bridgehead atoms. The second kappa shape index (κ2) is 7.75. The molecule has 0 aliphatic rings. The first-order valence-electron chi connectivity index (χ1n) is 8.49. The molecule has 1 atom stereocenters. The quantitative estimate of drug-likeness (QED) is 0.727. The zero-order valence-electron chi connectivity index (χ0n) is 14.2. The maximum atomic E-state index is 12.6. The van der Waals surface area contributed by atoms with Crippen LogP contribution in [0.2, 0.25) is 0 Å². The van der Waals surface area contributed by atoms with Crippen molar-refractivity contribution < 1.29 is 4.79 Å². The van der Waals surface area contributed by atoms with E-state index in [1.165, 1.54) is 0 Å². The smallest absolute Gasteiger partial charge is 0.272 e. The van der Waals surface area contributed by atoms with E-state index in [9.17, 15) is 9.59 Å². The molecule has 1 aromatic heterocycles. The van der Waals surface area contributed by atoms with Crippen molar-refractivity contribution in [1.29, 1.82) is 0 Å². The Labute approximate surface area is 146 Å². The van der Waals surface area contributed by atoms with E-state index in [0.717, 1.165) is 18.4 Å². The average Bonchev–Trinajstić information content (AvgIpc) is 2.65. The van der Waals surface area contributed by atoms with Crippen LogP contribution < -0.4 is 10.9 Å². The molecular formula is C20H21N3O2. The Hall–Kier alpha value is -2.95. The zero-order chi connectivity index (χ0) is 17.6. The number of benzene rings is 2. The van der Waals surface area contributed by atoms with Gasteiger partial charge in [-0.1, -0.05) is 61.9 Å². The molecule has 25 heavy (non-hydrogen) atoms. The monoisotopic (exact) mass is 335 g/mol. The Morgan fingerprint density at radius 2 is 1.76 bits per heavy atom. The minimum Gasteiger partial charge on any atom is -0.349 e. The number of nitrogens with one attached hydrogen (secondary N) is 2. The van der Waals surface area contributed by atoms with E-state index in [1.807, 2.05) is 42.5 Å². The summed E-state index contributed by atoms with van der Waals surface area (Å²) in [6.07, 6.45) is 1.97. The number of nitrogens with zero attached hydrogens (tertiary/aromatic N) is 1. The fraction of sp³-hybridized carbons (Fsp3) is 0.250. The van der Waals surface area contributed by atoms with Crippen molar-refractivity contribution in [2.24, 2.45) is 0 Å². The molecule has 2 N–H and O–H groups in total. The van der Waals surface area contributed by atoms with Gasteiger partial charge in [0, 0.05) is 5.39 Å². The van der Waals surface area contributed by atoms with Gasteiger partial charge in [-0.3, -0.25) is 9.59 Å². The lowest BCUT2D eigenvalue weighted by molar-refractivity contribution is -0.121. The number of amides is 1. The van der Waals surface area contributed by atoms with Gasteiger partial charge in [0.1, 0.15) is 0 Å². The van der Waals surface area contributed by atoms with E-state index >= 15 is 0 Å². The van der Waals surface area contributed by atoms with Gasteiger partial charge in [0.05, 0.1) is 23.5 Å². The van der Waals surface area contributed by atoms with E-state index < -0.39 is 0 Å². The lowest BCUT2D eigenvalue weighted by atomic mass is 10.0. The van der Waals surface area contributed by atoms with Crippen LogP contribution in [0.3, 0.4) is 0 Å². The van der Waals surface area contributed by atoms with Crippen molar-refractivity contribution >= 4 is 16.7 Å². The van der Waals surface area contributed by atoms with Crippen molar-refractivity contribution in [3.05, 3.63) is 76.2 Å². The highest BCUT2D eigenvalue weighted by molar-refractivity contribution is 5.88. The summed E-state index contributed by atoms with van der Waals surface area (Å²) in [5.74, 6) is -0.105. The minimum absolute atomic E-state index is 0.0206. The van der Waals surface area contributed by atoms with Crippen LogP contribution in [0.25, 0.3) is 10.8 Å². The molecular weight excluding hydrogens is 314 g/mol. The normalized spacial score (nSPS) is 12.0. The number of rotatable bonds is 6. The molecule has 0 unspecified atom stereocenters. The molecule has 3 aromatic rings. The van der Waals surface area contributed by atoms with E-state index in [-0.39, 0.29) is 23.9 Å². The second-order valence-electron chi connectivity index (χ2n) is 6.04. The van der Waals surface area contributed by atoms with E-state index in [0.29, 0.717) is 16.5 Å². The third-order valence-electron chi connectivity index (χ3n) is 4.22. The van der Waals surface area contributed by atoms with Gasteiger partial charge in [-0.05, 0) is 18.1 Å². The van der Waals surface area contributed by atoms with Crippen LogP contribution in [0.4, 0.5) is 0 Å². The number of H-pyrrole nitrogens is 1. The molecule has 3 rings (SSSR count). The number of carbonyl (C=O) groups is 1. The number of hydrogen-bond donors (Lipinski definition) is 2. The summed E-state index contributed by atoms with van der Waals surface area (Å²) in [7, 11) is 0. The summed E-state index contributed by atoms with van der Waals surface area (Å²) in [4.78, 5) is 24.4. The van der Waals surface area contributed by atoms with Crippen molar-refractivity contribution in [2.45, 2.75) is 32.2 Å². The highest BCUT2D eigenvalue weighted by atomic mass is 16.1. The highest BCUT2D eigenvalue weighted by Gasteiger charge is 2.16. The van der Waals surface area contributed by atoms with Crippen molar-refractivity contribution in [3.63, 3.8) is 0 Å². The summed E-state index contributed by atoms with van der Waals surface area (Å²) in [6, 6.07) is 17.1. The molecule has 1 heterocycles. The van der Waals surface area contributed by atoms with Gasteiger partial charge in [0.15, 0.2) is 0 Å². The second-order valence-corrected chi connectivity index (χ2v) is 6.04. The van der Waals surface area contributed by atoms with Crippen molar-refractivity contribution in [1.82, 2.24) is 15.5 Å². The van der Waals surface area contributed by atoms with Crippen LogP contribution in [-0.2, 0) is 11.2 Å². The SMILES string of the molecule is CCC[C@@H](NC(=O)Cc1n[nH]c(=O)c2ccccc12)c1ccccc1. The third-order valence-corrected chi connectivity index (χ3v) is 4.22. The minimum atomic E-state index is -0.243. The average molecular weight is 335 g/mol. The topological polar surface area (TPSA) is 74.8 Å². The first kappa shape index (κ1) is 16.9. The van der Waals surface area contributed by atoms with Crippen LogP contribution in [-0.4, -0.2) is 16.1 Å². The summed E-state index contributed by atoms with van der Waals surface area (Å²) in [5, 5.41) is 10.9. The van der Waals surface area contributed by atoms with E-state index in [4.69, 9.17) is 0 Å². The molecule has 2 aromatic carbocycles. The number of aromatic nitrogens is 2. The van der Waals surface area contributed by atoms with E-state index in [1.54, 1.807) is 12.1 Å². The Kier molecular flexibility index (Phi) is 5.23. The Bertz CT molecular complexity index is 919. The van der Waals surface area contributed by atoms with Crippen molar-refractivity contribution in [3.8, 4) is 0 Å². The van der Waals surface area contributed by atoms with Gasteiger partial charge in [0.2, 0.25) is 5.91 Å². The number of hydrogen-bond acceptors (Lipinski definition) is 3. The lowest BCUT2D eigenvalue weighted by Gasteiger charge is -2.18. The van der Waals surface area contributed by atoms with Gasteiger partial charge in [-0.2, -0.15) is 5.10 Å². The summed E-state index contributed by atoms with van der Waals surface area (Å²) < 4.78 is 0. The molecule has 1 amide bonds. The third kappa shape index (κ3) is 3.94. The maximum absolute atomic E-state index is 12.6. The fourth-order valence-electron chi connectivity index (χ4n) is 3.00. The molecule has 0 fully saturated rings. The first-order chi connectivity index (χ1) is 12.2. The summed E-state index contributed by atoms with van der Waals surface area (Å²) >= 11 is 0. The Balaban J connectivity index is 1.80. The maximum Gasteiger partial charge on any atom is 0.272 e. The molecule has 5 heteroatoms. The molecule has 0 saturated carbocycles. The molecule has 0 radical (unpaired) electrons. The van der Waals surface area contributed by atoms with Crippen LogP contribution >= 0.6 is 0 Å². The largest absolute Gasteiger partial charge is 0.349 e. The standard InChI is InChI=1S/C20H21N3O2/c1-2-8-17(14-9-4-3-5-10-14)21-19(24)13-18-15-11-6-7-12-16(15)20(25)23-22-18/h3-7,9-12,17H,2,8,13H2,1H3,(H,21,24)(H,23,25)/t17-/m1/s1. The van der Waals surface area contributed by atoms with Gasteiger partial charge in [-0.15, -0.1) is 0 Å². The van der Waals surface area contributed by atoms with Crippen LogP contribution in [0.1, 0.15) is 37.1 Å². The molecule has 0 aliphatic heterocycles. The number of aromatic amines is 1. The molecule has 0 saturated heterocycles. The van der Waals surface area contributed by atoms with Gasteiger partial charge >= 0.3 is 0 Å². The molecule has 0 aliphatic carbocycles. The zero-order valence-corrected chi connectivity index (χ0v) is 14.2. The lowest BCUT2D eigenvalue weighted by Crippen LogP contribution is -2.30. The van der Waals surface area contributed by atoms with Gasteiger partial charge < -0.3 is 5.32 Å². The molecule has 128 valence electrons. The van der Waals surface area contributed by atoms with Crippen LogP contribution in [0, 0.1) is 0 Å². The van der Waals surface area contributed by atoms with Crippen LogP contribution in [0.15, 0.2) is 59.4 Å². The predicted molar refractivity (Wildman–Crippen MR) is 98.3 cm³/mol. The van der Waals surface area contributed by atoms with Crippen LogP contribution in [0.5, 0.6) is 0 Å². The Morgan fingerprint density at radius 3 is 2.48 bits per heavy atom. The molecule has 5 nitrogen and oxygen atoms in total. The van der Waals surface area contributed by atoms with Gasteiger partial charge in [0.25, 0.3) is 5.56 Å². The highest BCUT2D eigenvalue weighted by Crippen LogP contribution is 2.19. The first-order valence-corrected chi connectivity index (χ1v) is 8.49. The summed E-state index contributed by atoms with van der Waals surface area (Å²) in [6.45, 7) is 2.10. The number of fused-ring (bicyclic) bond motifs is 1. The van der Waals surface area contributed by atoms with Gasteiger partial charge in [-0.25, -0.2) is 5.10 Å². The molecule has 0 spiro atoms.